The van der Waals surface area contributed by atoms with E-state index in [1.54, 1.807) is 0 Å². The van der Waals surface area contributed by atoms with E-state index in [1.165, 1.54) is 0 Å². The first-order valence-electron chi connectivity index (χ1n) is 18.7. The molecular formula is C38H68N4O6-2. The molecule has 0 radical (unpaired) electrons. The van der Waals surface area contributed by atoms with Gasteiger partial charge in [-0.3, -0.25) is 0 Å². The van der Waals surface area contributed by atoms with Crippen molar-refractivity contribution >= 4 is 24.0 Å². The highest BCUT2D eigenvalue weighted by Crippen LogP contribution is 2.58. The molecule has 0 aromatic rings. The minimum atomic E-state index is -1.18. The molecule has 48 heavy (non-hydrogen) atoms. The number of carbonyl (C=O) groups excluding carboxylic acids is 4. The van der Waals surface area contributed by atoms with Crippen LogP contribution in [0.4, 0.5) is 9.59 Å². The van der Waals surface area contributed by atoms with Crippen LogP contribution in [-0.4, -0.2) is 91.9 Å². The van der Waals surface area contributed by atoms with Crippen molar-refractivity contribution in [2.45, 2.75) is 176 Å². The topological polar surface area (TPSA) is 127 Å². The molecule has 4 amide bonds. The fourth-order valence-corrected chi connectivity index (χ4v) is 9.99. The molecule has 2 heterocycles. The van der Waals surface area contributed by atoms with E-state index in [2.05, 4.69) is 55.4 Å². The van der Waals surface area contributed by atoms with Gasteiger partial charge in [0.2, 0.25) is 0 Å². The Morgan fingerprint density at radius 3 is 1.19 bits per heavy atom. The highest BCUT2D eigenvalue weighted by atomic mass is 16.4. The van der Waals surface area contributed by atoms with Gasteiger partial charge in [0.1, 0.15) is 0 Å². The zero-order chi connectivity index (χ0) is 36.9. The number of piperidine rings is 2. The molecular weight excluding hydrogens is 608 g/mol. The SMILES string of the molecule is CCN(CC)C(=O)N1C(C)(C)CC(C(CCCCCCCC(=O)[O-])(C(=O)[O-])C2CC(C)(C)N(C(=O)N(CC)CC)C(C)(C)C2)CC1(C)C. The maximum Gasteiger partial charge on any atom is 0.320 e. The van der Waals surface area contributed by atoms with Crippen molar-refractivity contribution in [3.8, 4) is 0 Å². The second kappa shape index (κ2) is 16.0. The summed E-state index contributed by atoms with van der Waals surface area (Å²) in [6, 6.07) is -0.0379. The van der Waals surface area contributed by atoms with E-state index < -0.39 is 39.5 Å². The average Bonchev–Trinajstić information content (AvgIpc) is 2.92. The Morgan fingerprint density at radius 1 is 0.583 bits per heavy atom. The summed E-state index contributed by atoms with van der Waals surface area (Å²) >= 11 is 0. The molecule has 0 bridgehead atoms. The van der Waals surface area contributed by atoms with Gasteiger partial charge in [0.15, 0.2) is 0 Å². The molecule has 10 heteroatoms. The Balaban J connectivity index is 2.62. The van der Waals surface area contributed by atoms with E-state index in [-0.39, 0.29) is 30.3 Å². The number of nitrogens with zero attached hydrogens (tertiary/aromatic N) is 4. The number of amides is 4. The van der Waals surface area contributed by atoms with Crippen molar-refractivity contribution in [1.29, 1.82) is 0 Å². The lowest BCUT2D eigenvalue weighted by Gasteiger charge is -2.64. The van der Waals surface area contributed by atoms with Crippen molar-refractivity contribution in [3.63, 3.8) is 0 Å². The third kappa shape index (κ3) is 8.79. The third-order valence-electron chi connectivity index (χ3n) is 11.7. The van der Waals surface area contributed by atoms with Crippen molar-refractivity contribution in [2.24, 2.45) is 17.3 Å². The number of carboxylic acid groups (broad SMARTS) is 2. The summed E-state index contributed by atoms with van der Waals surface area (Å²) in [5, 5.41) is 24.9. The number of carbonyl (C=O) groups is 4. The number of hydrogen-bond donors (Lipinski definition) is 0. The first-order chi connectivity index (χ1) is 22.1. The summed E-state index contributed by atoms with van der Waals surface area (Å²) < 4.78 is 0. The number of likely N-dealkylation sites (tertiary alicyclic amines) is 2. The lowest BCUT2D eigenvalue weighted by Crippen LogP contribution is -2.71. The van der Waals surface area contributed by atoms with E-state index >= 15 is 0 Å². The van der Waals surface area contributed by atoms with Crippen molar-refractivity contribution in [2.75, 3.05) is 26.2 Å². The standard InChI is InChI=1S/C38H70N4O6/c1-13-39(14-2)32(47)41-34(5,6)24-28(25-35(41,7)8)38(31(45)46,23-21-19-17-18-20-22-30(43)44)29-26-36(9,10)42(37(11,12)27-29)33(48)40(15-3)16-4/h28-29H,13-27H2,1-12H3,(H,43,44)(H,45,46)/p-2. The van der Waals surface area contributed by atoms with Gasteiger partial charge in [-0.15, -0.1) is 0 Å². The molecule has 0 saturated carbocycles. The number of rotatable bonds is 15. The van der Waals surface area contributed by atoms with E-state index in [9.17, 15) is 29.4 Å². The highest BCUT2D eigenvalue weighted by Gasteiger charge is 2.60. The van der Waals surface area contributed by atoms with Crippen LogP contribution in [0.5, 0.6) is 0 Å². The lowest BCUT2D eigenvalue weighted by atomic mass is 9.52. The van der Waals surface area contributed by atoms with Gasteiger partial charge < -0.3 is 39.4 Å². The zero-order valence-electron chi connectivity index (χ0n) is 32.5. The molecule has 2 aliphatic heterocycles. The maximum absolute atomic E-state index is 14.0. The molecule has 0 N–H and O–H groups in total. The number of unbranched alkanes of at least 4 members (excludes halogenated alkanes) is 4. The first kappa shape index (κ1) is 41.7. The number of aliphatic carboxylic acids is 2. The monoisotopic (exact) mass is 677 g/mol. The zero-order valence-corrected chi connectivity index (χ0v) is 32.5. The van der Waals surface area contributed by atoms with E-state index in [0.717, 1.165) is 19.3 Å². The average molecular weight is 677 g/mol. The summed E-state index contributed by atoms with van der Waals surface area (Å²) in [6.45, 7) is 26.9. The van der Waals surface area contributed by atoms with Gasteiger partial charge in [0.25, 0.3) is 0 Å². The van der Waals surface area contributed by atoms with Gasteiger partial charge in [0.05, 0.1) is 0 Å². The van der Waals surface area contributed by atoms with Crippen LogP contribution in [0.25, 0.3) is 0 Å². The number of hydrogen-bond acceptors (Lipinski definition) is 6. The summed E-state index contributed by atoms with van der Waals surface area (Å²) in [5.41, 5.74) is -3.61. The quantitative estimate of drug-likeness (QED) is 0.206. The molecule has 2 saturated heterocycles. The van der Waals surface area contributed by atoms with Crippen molar-refractivity contribution in [1.82, 2.24) is 19.6 Å². The van der Waals surface area contributed by atoms with Crippen molar-refractivity contribution < 1.29 is 29.4 Å². The van der Waals surface area contributed by atoms with Gasteiger partial charge in [-0.1, -0.05) is 25.7 Å². The molecule has 2 rings (SSSR count). The molecule has 2 aliphatic rings. The lowest BCUT2D eigenvalue weighted by molar-refractivity contribution is -0.330. The summed E-state index contributed by atoms with van der Waals surface area (Å²) in [7, 11) is 0. The Morgan fingerprint density at radius 2 is 0.896 bits per heavy atom. The van der Waals surface area contributed by atoms with Gasteiger partial charge in [-0.25, -0.2) is 9.59 Å². The first-order valence-corrected chi connectivity index (χ1v) is 18.7. The molecule has 0 aliphatic carbocycles. The third-order valence-corrected chi connectivity index (χ3v) is 11.7. The minimum absolute atomic E-state index is 0.0189. The highest BCUT2D eigenvalue weighted by molar-refractivity contribution is 5.78. The van der Waals surface area contributed by atoms with E-state index in [0.29, 0.717) is 71.1 Å². The van der Waals surface area contributed by atoms with Crippen molar-refractivity contribution in [3.05, 3.63) is 0 Å². The maximum atomic E-state index is 14.0. The molecule has 0 aromatic heterocycles. The second-order valence-corrected chi connectivity index (χ2v) is 17.0. The summed E-state index contributed by atoms with van der Waals surface area (Å²) in [5.74, 6) is -2.58. The van der Waals surface area contributed by atoms with Crippen LogP contribution in [0.1, 0.15) is 154 Å². The molecule has 0 spiro atoms. The van der Waals surface area contributed by atoms with Gasteiger partial charge in [0, 0.05) is 65.7 Å². The summed E-state index contributed by atoms with van der Waals surface area (Å²) in [4.78, 5) is 60.4. The normalized spacial score (nSPS) is 20.8. The van der Waals surface area contributed by atoms with E-state index in [4.69, 9.17) is 0 Å². The van der Waals surface area contributed by atoms with Gasteiger partial charge >= 0.3 is 12.1 Å². The summed E-state index contributed by atoms with van der Waals surface area (Å²) in [6.07, 6.45) is 6.19. The van der Waals surface area contributed by atoms with E-state index in [1.807, 2.05) is 47.3 Å². The van der Waals surface area contributed by atoms with Crippen LogP contribution in [0.15, 0.2) is 0 Å². The molecule has 10 nitrogen and oxygen atoms in total. The largest absolute Gasteiger partial charge is 0.550 e. The molecule has 0 atom stereocenters. The molecule has 2 fully saturated rings. The predicted octanol–water partition coefficient (Wildman–Crippen LogP) is 5.67. The van der Waals surface area contributed by atoms with Crippen LogP contribution in [0, 0.1) is 17.3 Å². The van der Waals surface area contributed by atoms with Crippen LogP contribution in [-0.2, 0) is 9.59 Å². The van der Waals surface area contributed by atoms with Gasteiger partial charge in [-0.05, 0) is 140 Å². The predicted molar refractivity (Wildman–Crippen MR) is 187 cm³/mol. The Labute approximate surface area is 292 Å². The minimum Gasteiger partial charge on any atom is -0.550 e. The number of urea groups is 2. The fourth-order valence-electron chi connectivity index (χ4n) is 9.99. The molecule has 0 unspecified atom stereocenters. The van der Waals surface area contributed by atoms with Crippen LogP contribution < -0.4 is 10.2 Å². The van der Waals surface area contributed by atoms with Gasteiger partial charge in [-0.2, -0.15) is 0 Å². The Bertz CT molecular complexity index is 1020. The molecule has 278 valence electrons. The second-order valence-electron chi connectivity index (χ2n) is 17.0. The van der Waals surface area contributed by atoms with Crippen LogP contribution >= 0.6 is 0 Å². The Hall–Kier alpha value is -2.52. The smallest absolute Gasteiger partial charge is 0.320 e. The Kier molecular flexibility index (Phi) is 13.9. The molecule has 0 aromatic carbocycles. The van der Waals surface area contributed by atoms with Crippen LogP contribution in [0.3, 0.4) is 0 Å². The van der Waals surface area contributed by atoms with Crippen LogP contribution in [0.2, 0.25) is 0 Å². The number of carboxylic acids is 2. The fraction of sp³-hybridized carbons (Fsp3) is 0.895.